The highest BCUT2D eigenvalue weighted by Crippen LogP contribution is 2.35. The van der Waals surface area contributed by atoms with Crippen molar-refractivity contribution in [3.05, 3.63) is 23.8 Å². The van der Waals surface area contributed by atoms with Crippen LogP contribution >= 0.6 is 0 Å². The maximum absolute atomic E-state index is 12.2. The van der Waals surface area contributed by atoms with Crippen molar-refractivity contribution in [2.75, 3.05) is 13.3 Å². The SMILES string of the molecule is CC(C)(NCC(F)F)c1ccc2c(c1)OCO2. The molecular formula is C12H15F2NO2. The Labute approximate surface area is 98.7 Å². The fraction of sp³-hybridized carbons (Fsp3) is 0.500. The minimum atomic E-state index is -2.36. The first-order chi connectivity index (χ1) is 7.99. The van der Waals surface area contributed by atoms with Crippen LogP contribution in [-0.2, 0) is 5.54 Å². The van der Waals surface area contributed by atoms with Gasteiger partial charge in [0.15, 0.2) is 11.5 Å². The molecule has 0 radical (unpaired) electrons. The van der Waals surface area contributed by atoms with E-state index in [1.807, 2.05) is 26.0 Å². The van der Waals surface area contributed by atoms with Gasteiger partial charge in [0, 0.05) is 5.54 Å². The minimum Gasteiger partial charge on any atom is -0.454 e. The lowest BCUT2D eigenvalue weighted by atomic mass is 9.94. The molecule has 0 aliphatic carbocycles. The summed E-state index contributed by atoms with van der Waals surface area (Å²) >= 11 is 0. The van der Waals surface area contributed by atoms with Crippen LogP contribution in [0, 0.1) is 0 Å². The van der Waals surface area contributed by atoms with Crippen molar-refractivity contribution in [2.45, 2.75) is 25.8 Å². The van der Waals surface area contributed by atoms with Gasteiger partial charge >= 0.3 is 0 Å². The molecular weight excluding hydrogens is 228 g/mol. The molecule has 1 aliphatic rings. The number of hydrogen-bond donors (Lipinski definition) is 1. The summed E-state index contributed by atoms with van der Waals surface area (Å²) in [5, 5.41) is 2.82. The molecule has 1 heterocycles. The molecule has 0 atom stereocenters. The van der Waals surface area contributed by atoms with E-state index in [0.717, 1.165) is 5.56 Å². The van der Waals surface area contributed by atoms with Gasteiger partial charge in [-0.05, 0) is 31.5 Å². The largest absolute Gasteiger partial charge is 0.454 e. The monoisotopic (exact) mass is 243 g/mol. The first-order valence-electron chi connectivity index (χ1n) is 5.42. The Morgan fingerprint density at radius 3 is 2.71 bits per heavy atom. The van der Waals surface area contributed by atoms with Gasteiger partial charge < -0.3 is 14.8 Å². The molecule has 17 heavy (non-hydrogen) atoms. The first-order valence-corrected chi connectivity index (χ1v) is 5.42. The highest BCUT2D eigenvalue weighted by atomic mass is 19.3. The molecule has 0 aromatic heterocycles. The Morgan fingerprint density at radius 1 is 1.29 bits per heavy atom. The summed E-state index contributed by atoms with van der Waals surface area (Å²) in [6, 6.07) is 5.47. The van der Waals surface area contributed by atoms with Crippen LogP contribution in [-0.4, -0.2) is 19.8 Å². The van der Waals surface area contributed by atoms with Gasteiger partial charge in [0.05, 0.1) is 6.54 Å². The average Bonchev–Trinajstić information content (AvgIpc) is 2.73. The van der Waals surface area contributed by atoms with Crippen molar-refractivity contribution in [2.24, 2.45) is 0 Å². The molecule has 1 N–H and O–H groups in total. The average molecular weight is 243 g/mol. The number of halogens is 2. The molecule has 0 saturated heterocycles. The van der Waals surface area contributed by atoms with Crippen LogP contribution in [0.3, 0.4) is 0 Å². The van der Waals surface area contributed by atoms with Gasteiger partial charge in [-0.15, -0.1) is 0 Å². The molecule has 0 amide bonds. The van der Waals surface area contributed by atoms with Crippen molar-refractivity contribution in [3.8, 4) is 11.5 Å². The Morgan fingerprint density at radius 2 is 2.00 bits per heavy atom. The number of benzene rings is 1. The Bertz CT molecular complexity index is 407. The third kappa shape index (κ3) is 2.66. The van der Waals surface area contributed by atoms with Crippen LogP contribution in [0.1, 0.15) is 19.4 Å². The second-order valence-corrected chi connectivity index (χ2v) is 4.47. The summed E-state index contributed by atoms with van der Waals surface area (Å²) in [7, 11) is 0. The predicted octanol–water partition coefficient (Wildman–Crippen LogP) is 2.51. The number of ether oxygens (including phenoxy) is 2. The summed E-state index contributed by atoms with van der Waals surface area (Å²) < 4.78 is 34.8. The van der Waals surface area contributed by atoms with E-state index in [1.54, 1.807) is 6.07 Å². The zero-order chi connectivity index (χ0) is 12.5. The lowest BCUT2D eigenvalue weighted by molar-refractivity contribution is 0.133. The molecule has 0 bridgehead atoms. The summed E-state index contributed by atoms with van der Waals surface area (Å²) in [6.45, 7) is 3.59. The van der Waals surface area contributed by atoms with E-state index in [0.29, 0.717) is 11.5 Å². The molecule has 0 spiro atoms. The van der Waals surface area contributed by atoms with E-state index < -0.39 is 12.0 Å². The maximum Gasteiger partial charge on any atom is 0.250 e. The standard InChI is InChI=1S/C12H15F2NO2/c1-12(2,15-6-11(13)14)8-3-4-9-10(5-8)17-7-16-9/h3-5,11,15H,6-7H2,1-2H3. The molecule has 5 heteroatoms. The number of rotatable bonds is 4. The molecule has 3 nitrogen and oxygen atoms in total. The Balaban J connectivity index is 2.15. The first kappa shape index (κ1) is 12.1. The topological polar surface area (TPSA) is 30.5 Å². The predicted molar refractivity (Wildman–Crippen MR) is 59.6 cm³/mol. The summed E-state index contributed by atoms with van der Waals surface area (Å²) in [6.07, 6.45) is -2.36. The lowest BCUT2D eigenvalue weighted by Gasteiger charge is -2.27. The third-order valence-electron chi connectivity index (χ3n) is 2.79. The number of fused-ring (bicyclic) bond motifs is 1. The highest BCUT2D eigenvalue weighted by molar-refractivity contribution is 5.46. The summed E-state index contributed by atoms with van der Waals surface area (Å²) in [5.41, 5.74) is 0.361. The quantitative estimate of drug-likeness (QED) is 0.881. The molecule has 0 fully saturated rings. The molecule has 1 aromatic rings. The highest BCUT2D eigenvalue weighted by Gasteiger charge is 2.24. The Kier molecular flexibility index (Phi) is 3.19. The van der Waals surface area contributed by atoms with Crippen molar-refractivity contribution in [3.63, 3.8) is 0 Å². The van der Waals surface area contributed by atoms with Gasteiger partial charge in [0.2, 0.25) is 6.79 Å². The summed E-state index contributed by atoms with van der Waals surface area (Å²) in [5.74, 6) is 1.35. The van der Waals surface area contributed by atoms with Crippen LogP contribution in [0.4, 0.5) is 8.78 Å². The van der Waals surface area contributed by atoms with Crippen LogP contribution in [0.15, 0.2) is 18.2 Å². The van der Waals surface area contributed by atoms with Gasteiger partial charge in [0.25, 0.3) is 6.43 Å². The summed E-state index contributed by atoms with van der Waals surface area (Å²) in [4.78, 5) is 0. The second-order valence-electron chi connectivity index (χ2n) is 4.47. The fourth-order valence-electron chi connectivity index (χ4n) is 1.72. The normalized spacial score (nSPS) is 14.4. The van der Waals surface area contributed by atoms with Gasteiger partial charge in [-0.25, -0.2) is 8.78 Å². The second kappa shape index (κ2) is 4.49. The smallest absolute Gasteiger partial charge is 0.250 e. The Hall–Kier alpha value is -1.36. The minimum absolute atomic E-state index is 0.212. The molecule has 1 aromatic carbocycles. The van der Waals surface area contributed by atoms with Crippen molar-refractivity contribution in [1.29, 1.82) is 0 Å². The van der Waals surface area contributed by atoms with E-state index >= 15 is 0 Å². The van der Waals surface area contributed by atoms with Crippen LogP contribution in [0.5, 0.6) is 11.5 Å². The van der Waals surface area contributed by atoms with Gasteiger partial charge in [0.1, 0.15) is 0 Å². The molecule has 0 saturated carbocycles. The molecule has 2 rings (SSSR count). The van der Waals surface area contributed by atoms with Gasteiger partial charge in [-0.3, -0.25) is 0 Å². The van der Waals surface area contributed by atoms with E-state index in [1.165, 1.54) is 0 Å². The van der Waals surface area contributed by atoms with E-state index in [-0.39, 0.29) is 13.3 Å². The van der Waals surface area contributed by atoms with Crippen LogP contribution in [0.2, 0.25) is 0 Å². The molecule has 94 valence electrons. The van der Waals surface area contributed by atoms with Crippen molar-refractivity contribution < 1.29 is 18.3 Å². The molecule has 0 unspecified atom stereocenters. The number of nitrogens with one attached hydrogen (secondary N) is 1. The lowest BCUT2D eigenvalue weighted by Crippen LogP contribution is -2.39. The fourth-order valence-corrected chi connectivity index (χ4v) is 1.72. The van der Waals surface area contributed by atoms with Crippen molar-refractivity contribution in [1.82, 2.24) is 5.32 Å². The van der Waals surface area contributed by atoms with E-state index in [2.05, 4.69) is 5.32 Å². The van der Waals surface area contributed by atoms with Crippen LogP contribution < -0.4 is 14.8 Å². The zero-order valence-electron chi connectivity index (χ0n) is 9.80. The maximum atomic E-state index is 12.2. The molecule has 1 aliphatic heterocycles. The van der Waals surface area contributed by atoms with Crippen LogP contribution in [0.25, 0.3) is 0 Å². The van der Waals surface area contributed by atoms with Gasteiger partial charge in [-0.2, -0.15) is 0 Å². The number of alkyl halides is 2. The van der Waals surface area contributed by atoms with E-state index in [9.17, 15) is 8.78 Å². The zero-order valence-corrected chi connectivity index (χ0v) is 9.80. The third-order valence-corrected chi connectivity index (χ3v) is 2.79. The number of hydrogen-bond acceptors (Lipinski definition) is 3. The van der Waals surface area contributed by atoms with Crippen molar-refractivity contribution >= 4 is 0 Å². The van der Waals surface area contributed by atoms with E-state index in [4.69, 9.17) is 9.47 Å². The van der Waals surface area contributed by atoms with Gasteiger partial charge in [-0.1, -0.05) is 6.07 Å².